The third kappa shape index (κ3) is 5.31. The molecule has 3 aromatic rings. The van der Waals surface area contributed by atoms with Crippen LogP contribution >= 0.6 is 23.2 Å². The normalized spacial score (nSPS) is 15.0. The van der Waals surface area contributed by atoms with Gasteiger partial charge in [-0.2, -0.15) is 8.42 Å². The van der Waals surface area contributed by atoms with E-state index in [1.807, 2.05) is 5.32 Å². The van der Waals surface area contributed by atoms with E-state index < -0.39 is 38.5 Å². The number of anilines is 1. The number of non-ortho nitro benzene ring substituents is 1. The smallest absolute Gasteiger partial charge is 0.339 e. The Bertz CT molecular complexity index is 1580. The van der Waals surface area contributed by atoms with Crippen LogP contribution in [0.4, 0.5) is 16.2 Å². The second-order valence-corrected chi connectivity index (χ2v) is 9.76. The highest BCUT2D eigenvalue weighted by atomic mass is 35.5. The fourth-order valence-electron chi connectivity index (χ4n) is 3.29. The van der Waals surface area contributed by atoms with Crippen LogP contribution in [-0.4, -0.2) is 31.2 Å². The number of hydrogen-bond acceptors (Lipinski definition) is 8. The Balaban J connectivity index is 1.68. The lowest BCUT2D eigenvalue weighted by Crippen LogP contribution is -2.54. The minimum absolute atomic E-state index is 0.103. The zero-order chi connectivity index (χ0) is 26.9. The first-order valence-corrected chi connectivity index (χ1v) is 12.3. The molecule has 4 amide bonds. The largest absolute Gasteiger partial charge is 0.376 e. The third-order valence-electron chi connectivity index (χ3n) is 4.96. The van der Waals surface area contributed by atoms with Crippen molar-refractivity contribution in [2.45, 2.75) is 4.90 Å². The predicted octanol–water partition coefficient (Wildman–Crippen LogP) is 4.34. The summed E-state index contributed by atoms with van der Waals surface area (Å²) in [6, 6.07) is 13.3. The number of imide groups is 2. The fourth-order valence-corrected chi connectivity index (χ4v) is 4.95. The lowest BCUT2D eigenvalue weighted by molar-refractivity contribution is -0.384. The average Bonchev–Trinajstić information content (AvgIpc) is 2.85. The first kappa shape index (κ1) is 25.8. The Labute approximate surface area is 219 Å². The minimum Gasteiger partial charge on any atom is -0.376 e. The van der Waals surface area contributed by atoms with Crippen LogP contribution in [0, 0.1) is 10.1 Å². The second kappa shape index (κ2) is 10.0. The van der Waals surface area contributed by atoms with Gasteiger partial charge in [0.05, 0.1) is 20.7 Å². The van der Waals surface area contributed by atoms with Gasteiger partial charge >= 0.3 is 16.1 Å². The van der Waals surface area contributed by atoms with Gasteiger partial charge in [0.15, 0.2) is 5.75 Å². The molecule has 1 saturated heterocycles. The van der Waals surface area contributed by atoms with E-state index in [9.17, 15) is 32.9 Å². The molecular weight excluding hydrogens is 549 g/mol. The quantitative estimate of drug-likeness (QED) is 0.153. The van der Waals surface area contributed by atoms with E-state index in [2.05, 4.69) is 0 Å². The molecule has 0 spiro atoms. The number of halogens is 2. The van der Waals surface area contributed by atoms with E-state index in [-0.39, 0.29) is 37.6 Å². The highest BCUT2D eigenvalue weighted by Gasteiger charge is 2.37. The number of nitro groups is 1. The van der Waals surface area contributed by atoms with Crippen LogP contribution in [0.25, 0.3) is 6.08 Å². The van der Waals surface area contributed by atoms with Gasteiger partial charge in [-0.05, 0) is 42.0 Å². The number of rotatable bonds is 6. The number of carbonyl (C=O) groups excluding carboxylic acids is 3. The van der Waals surface area contributed by atoms with Crippen molar-refractivity contribution in [2.75, 3.05) is 4.90 Å². The zero-order valence-electron chi connectivity index (χ0n) is 18.3. The van der Waals surface area contributed by atoms with E-state index in [4.69, 9.17) is 27.4 Å². The summed E-state index contributed by atoms with van der Waals surface area (Å²) in [6.07, 6.45) is 1.07. The van der Waals surface area contributed by atoms with Crippen LogP contribution in [0.1, 0.15) is 5.56 Å². The highest BCUT2D eigenvalue weighted by Crippen LogP contribution is 2.37. The van der Waals surface area contributed by atoms with Crippen molar-refractivity contribution in [3.63, 3.8) is 0 Å². The molecule has 0 bridgehead atoms. The number of barbiturate groups is 1. The molecule has 0 unspecified atom stereocenters. The number of nitro benzene ring substituents is 1. The van der Waals surface area contributed by atoms with Crippen LogP contribution in [0.2, 0.25) is 10.0 Å². The van der Waals surface area contributed by atoms with E-state index in [0.29, 0.717) is 4.90 Å². The molecular formula is C23H13Cl2N3O8S. The van der Waals surface area contributed by atoms with Crippen molar-refractivity contribution in [3.8, 4) is 5.75 Å². The number of amides is 4. The molecule has 37 heavy (non-hydrogen) atoms. The summed E-state index contributed by atoms with van der Waals surface area (Å²) < 4.78 is 30.2. The molecule has 3 aromatic carbocycles. The molecule has 0 aliphatic carbocycles. The first-order valence-electron chi connectivity index (χ1n) is 10.1. The maximum absolute atomic E-state index is 13.0. The maximum atomic E-state index is 13.0. The van der Waals surface area contributed by atoms with Gasteiger partial charge in [0.1, 0.15) is 10.5 Å². The number of nitrogens with zero attached hydrogens (tertiary/aromatic N) is 2. The van der Waals surface area contributed by atoms with Crippen LogP contribution in [0.5, 0.6) is 5.75 Å². The Morgan fingerprint density at radius 1 is 0.946 bits per heavy atom. The molecule has 0 saturated carbocycles. The van der Waals surface area contributed by atoms with Gasteiger partial charge in [0, 0.05) is 12.1 Å². The van der Waals surface area contributed by atoms with Crippen LogP contribution < -0.4 is 14.4 Å². The van der Waals surface area contributed by atoms with Gasteiger partial charge in [0.2, 0.25) is 0 Å². The van der Waals surface area contributed by atoms with Gasteiger partial charge in [-0.15, -0.1) is 0 Å². The Morgan fingerprint density at radius 3 is 2.22 bits per heavy atom. The molecule has 1 N–H and O–H groups in total. The molecule has 4 rings (SSSR count). The summed E-state index contributed by atoms with van der Waals surface area (Å²) in [5.74, 6) is -2.47. The van der Waals surface area contributed by atoms with Crippen molar-refractivity contribution in [1.82, 2.24) is 5.32 Å². The monoisotopic (exact) mass is 561 g/mol. The number of nitrogens with one attached hydrogen (secondary N) is 1. The van der Waals surface area contributed by atoms with Gasteiger partial charge < -0.3 is 4.18 Å². The van der Waals surface area contributed by atoms with Crippen molar-refractivity contribution < 1.29 is 31.9 Å². The van der Waals surface area contributed by atoms with Gasteiger partial charge in [-0.25, -0.2) is 9.69 Å². The van der Waals surface area contributed by atoms with Crippen molar-refractivity contribution in [2.24, 2.45) is 0 Å². The average molecular weight is 562 g/mol. The summed E-state index contributed by atoms with van der Waals surface area (Å²) in [6.45, 7) is 0. The molecule has 1 fully saturated rings. The minimum atomic E-state index is -4.26. The third-order valence-corrected chi connectivity index (χ3v) is 6.75. The SMILES string of the molecule is O=C1NC(=O)N(c2cccc([N+](=O)[O-])c2)C(=O)/C1=C/c1cc(Cl)c(OS(=O)(=O)c2ccccc2)c(Cl)c1. The van der Waals surface area contributed by atoms with Crippen LogP contribution in [0.3, 0.4) is 0 Å². The molecule has 1 heterocycles. The number of carbonyl (C=O) groups is 3. The molecule has 1 aliphatic heterocycles. The molecule has 0 aromatic heterocycles. The second-order valence-electron chi connectivity index (χ2n) is 7.40. The van der Waals surface area contributed by atoms with Crippen molar-refractivity contribution >= 4 is 68.6 Å². The zero-order valence-corrected chi connectivity index (χ0v) is 20.6. The molecule has 11 nitrogen and oxygen atoms in total. The number of urea groups is 1. The molecule has 0 radical (unpaired) electrons. The molecule has 188 valence electrons. The standard InChI is InChI=1S/C23H13Cl2N3O8S/c24-18-10-13(11-19(25)20(18)36-37(34,35)16-7-2-1-3-8-16)9-17-21(29)26-23(31)27(22(17)30)14-5-4-6-15(12-14)28(32)33/h1-12H,(H,26,29,31)/b17-9+. The Hall–Kier alpha value is -4.26. The van der Waals surface area contributed by atoms with E-state index in [0.717, 1.165) is 12.1 Å². The Kier molecular flexibility index (Phi) is 6.99. The van der Waals surface area contributed by atoms with Gasteiger partial charge in [-0.3, -0.25) is 25.0 Å². The summed E-state index contributed by atoms with van der Waals surface area (Å²) in [4.78, 5) is 48.6. The van der Waals surface area contributed by atoms with E-state index in [1.165, 1.54) is 54.6 Å². The predicted molar refractivity (Wildman–Crippen MR) is 133 cm³/mol. The van der Waals surface area contributed by atoms with E-state index >= 15 is 0 Å². The summed E-state index contributed by atoms with van der Waals surface area (Å²) >= 11 is 12.4. The number of hydrogen-bond donors (Lipinski definition) is 1. The van der Waals surface area contributed by atoms with E-state index in [1.54, 1.807) is 6.07 Å². The lowest BCUT2D eigenvalue weighted by Gasteiger charge is -2.26. The molecule has 1 aliphatic rings. The summed E-state index contributed by atoms with van der Waals surface area (Å²) in [7, 11) is -4.26. The summed E-state index contributed by atoms with van der Waals surface area (Å²) in [5, 5.41) is 12.6. The van der Waals surface area contributed by atoms with Crippen LogP contribution in [0.15, 0.2) is 77.2 Å². The van der Waals surface area contributed by atoms with Crippen LogP contribution in [-0.2, 0) is 19.7 Å². The first-order chi connectivity index (χ1) is 17.5. The molecule has 14 heteroatoms. The van der Waals surface area contributed by atoms with Gasteiger partial charge in [0.25, 0.3) is 17.5 Å². The molecule has 0 atom stereocenters. The summed E-state index contributed by atoms with van der Waals surface area (Å²) in [5.41, 5.74) is -0.920. The van der Waals surface area contributed by atoms with Gasteiger partial charge in [-0.1, -0.05) is 47.5 Å². The Morgan fingerprint density at radius 2 is 1.59 bits per heavy atom. The number of benzene rings is 3. The van der Waals surface area contributed by atoms with Crippen molar-refractivity contribution in [3.05, 3.63) is 98.0 Å². The topological polar surface area (TPSA) is 153 Å². The highest BCUT2D eigenvalue weighted by molar-refractivity contribution is 7.87. The lowest BCUT2D eigenvalue weighted by atomic mass is 10.1. The van der Waals surface area contributed by atoms with Crippen molar-refractivity contribution in [1.29, 1.82) is 0 Å². The fraction of sp³-hybridized carbons (Fsp3) is 0. The maximum Gasteiger partial charge on any atom is 0.339 e.